The van der Waals surface area contributed by atoms with Crippen LogP contribution in [0.1, 0.15) is 36.2 Å². The summed E-state index contributed by atoms with van der Waals surface area (Å²) < 4.78 is 0. The number of pyridine rings is 1. The van der Waals surface area contributed by atoms with Gasteiger partial charge < -0.3 is 5.32 Å². The number of carbonyl (C=O) groups is 1. The number of carbonyl (C=O) groups excluding carboxylic acids is 1. The van der Waals surface area contributed by atoms with Gasteiger partial charge >= 0.3 is 0 Å². The van der Waals surface area contributed by atoms with E-state index >= 15 is 0 Å². The zero-order valence-electron chi connectivity index (χ0n) is 8.00. The van der Waals surface area contributed by atoms with Crippen LogP contribution in [0.3, 0.4) is 0 Å². The molecule has 0 fully saturated rings. The Hall–Kier alpha value is -1.38. The predicted molar refractivity (Wildman–Crippen MR) is 51.4 cm³/mol. The van der Waals surface area contributed by atoms with E-state index in [4.69, 9.17) is 0 Å². The number of hydrogen-bond donors (Lipinski definition) is 1. The predicted octanol–water partition coefficient (Wildman–Crippen LogP) is 1.74. The molecule has 0 saturated heterocycles. The monoisotopic (exact) mass is 178 g/mol. The Balaban J connectivity index is 0.000000251. The summed E-state index contributed by atoms with van der Waals surface area (Å²) in [7, 11) is 0. The summed E-state index contributed by atoms with van der Waals surface area (Å²) in [6.07, 6.45) is 4.54. The van der Waals surface area contributed by atoms with Crippen LogP contribution in [0.15, 0.2) is 18.5 Å². The molecular weight excluding hydrogens is 164 g/mol. The highest BCUT2D eigenvalue weighted by atomic mass is 16.1. The number of aromatic nitrogens is 1. The second-order valence-corrected chi connectivity index (χ2v) is 2.92. The average Bonchev–Trinajstić information content (AvgIpc) is 2.50. The quantitative estimate of drug-likeness (QED) is 0.657. The number of hydrogen-bond acceptors (Lipinski definition) is 2. The van der Waals surface area contributed by atoms with E-state index in [2.05, 4.69) is 24.1 Å². The van der Waals surface area contributed by atoms with Gasteiger partial charge in [-0.25, -0.2) is 0 Å². The van der Waals surface area contributed by atoms with Crippen LogP contribution >= 0.6 is 0 Å². The van der Waals surface area contributed by atoms with E-state index in [0.29, 0.717) is 12.1 Å². The van der Waals surface area contributed by atoms with Gasteiger partial charge in [-0.2, -0.15) is 0 Å². The molecule has 1 N–H and O–H groups in total. The van der Waals surface area contributed by atoms with Crippen molar-refractivity contribution in [3.05, 3.63) is 29.6 Å². The van der Waals surface area contributed by atoms with E-state index in [9.17, 15) is 4.79 Å². The highest BCUT2D eigenvalue weighted by Gasteiger charge is 2.17. The molecule has 3 heteroatoms. The Bertz CT molecular complexity index is 297. The van der Waals surface area contributed by atoms with Crippen molar-refractivity contribution < 1.29 is 4.79 Å². The molecule has 0 bridgehead atoms. The van der Waals surface area contributed by atoms with Gasteiger partial charge in [0.05, 0.1) is 5.56 Å². The third kappa shape index (κ3) is 2.28. The maximum Gasteiger partial charge on any atom is 0.253 e. The summed E-state index contributed by atoms with van der Waals surface area (Å²) in [5.41, 5.74) is 1.75. The third-order valence-electron chi connectivity index (χ3n) is 1.60. The summed E-state index contributed by atoms with van der Waals surface area (Å²) in [5.74, 6) is -0.0110. The molecule has 1 aliphatic rings. The summed E-state index contributed by atoms with van der Waals surface area (Å²) in [5, 5.41) is 2.71. The average molecular weight is 178 g/mol. The molecule has 0 aromatic carbocycles. The van der Waals surface area contributed by atoms with E-state index < -0.39 is 0 Å². The first kappa shape index (κ1) is 9.71. The SMILES string of the molecule is CCC.O=C1NCc2ccncc21. The molecule has 0 radical (unpaired) electrons. The number of fused-ring (bicyclic) bond motifs is 1. The first-order chi connectivity index (χ1) is 6.29. The minimum absolute atomic E-state index is 0.0110. The van der Waals surface area contributed by atoms with Gasteiger partial charge in [0.25, 0.3) is 5.91 Å². The van der Waals surface area contributed by atoms with Crippen molar-refractivity contribution >= 4 is 5.91 Å². The molecule has 0 spiro atoms. The van der Waals surface area contributed by atoms with Crippen LogP contribution in [0, 0.1) is 0 Å². The van der Waals surface area contributed by atoms with Gasteiger partial charge in [0.1, 0.15) is 0 Å². The minimum Gasteiger partial charge on any atom is -0.348 e. The summed E-state index contributed by atoms with van der Waals surface area (Å²) >= 11 is 0. The molecule has 2 rings (SSSR count). The van der Waals surface area contributed by atoms with Crippen LogP contribution in [0.4, 0.5) is 0 Å². The van der Waals surface area contributed by atoms with E-state index in [1.807, 2.05) is 6.07 Å². The molecular formula is C10H14N2O. The van der Waals surface area contributed by atoms with Crippen molar-refractivity contribution in [2.45, 2.75) is 26.8 Å². The lowest BCUT2D eigenvalue weighted by Crippen LogP contribution is -2.12. The fraction of sp³-hybridized carbons (Fsp3) is 0.400. The Labute approximate surface area is 78.2 Å². The van der Waals surface area contributed by atoms with Gasteiger partial charge in [0.2, 0.25) is 0 Å². The smallest absolute Gasteiger partial charge is 0.253 e. The minimum atomic E-state index is -0.0110. The molecule has 1 aromatic heterocycles. The van der Waals surface area contributed by atoms with Gasteiger partial charge in [-0.1, -0.05) is 20.3 Å². The van der Waals surface area contributed by atoms with Gasteiger partial charge in [0.15, 0.2) is 0 Å². The standard InChI is InChI=1S/C7H6N2O.C3H8/c10-7-6-4-8-2-1-5(6)3-9-7;1-3-2/h1-2,4H,3H2,(H,9,10);3H2,1-2H3. The van der Waals surface area contributed by atoms with E-state index in [1.165, 1.54) is 6.42 Å². The fourth-order valence-corrected chi connectivity index (χ4v) is 1.05. The second-order valence-electron chi connectivity index (χ2n) is 2.92. The van der Waals surface area contributed by atoms with Crippen LogP contribution < -0.4 is 5.32 Å². The molecule has 0 atom stereocenters. The molecule has 3 nitrogen and oxygen atoms in total. The Morgan fingerprint density at radius 1 is 1.54 bits per heavy atom. The lowest BCUT2D eigenvalue weighted by atomic mass is 10.2. The Kier molecular flexibility index (Phi) is 3.43. The maximum absolute atomic E-state index is 10.9. The molecule has 0 unspecified atom stereocenters. The zero-order valence-corrected chi connectivity index (χ0v) is 8.00. The molecule has 1 aliphatic heterocycles. The lowest BCUT2D eigenvalue weighted by Gasteiger charge is -1.89. The van der Waals surface area contributed by atoms with Crippen LogP contribution in [0.5, 0.6) is 0 Å². The third-order valence-corrected chi connectivity index (χ3v) is 1.60. The number of amides is 1. The largest absolute Gasteiger partial charge is 0.348 e. The summed E-state index contributed by atoms with van der Waals surface area (Å²) in [6.45, 7) is 4.90. The van der Waals surface area contributed by atoms with Crippen LogP contribution in [-0.2, 0) is 6.54 Å². The first-order valence-corrected chi connectivity index (χ1v) is 4.50. The van der Waals surface area contributed by atoms with E-state index in [0.717, 1.165) is 5.56 Å². The number of nitrogens with one attached hydrogen (secondary N) is 1. The Morgan fingerprint density at radius 2 is 2.23 bits per heavy atom. The molecule has 1 amide bonds. The molecule has 0 aliphatic carbocycles. The lowest BCUT2D eigenvalue weighted by molar-refractivity contribution is 0.0965. The van der Waals surface area contributed by atoms with Crippen LogP contribution in [0.25, 0.3) is 0 Å². The normalized spacial score (nSPS) is 12.6. The highest BCUT2D eigenvalue weighted by Crippen LogP contribution is 2.11. The Morgan fingerprint density at radius 3 is 2.85 bits per heavy atom. The number of nitrogens with zero attached hydrogens (tertiary/aromatic N) is 1. The van der Waals surface area contributed by atoms with Crippen molar-refractivity contribution in [3.8, 4) is 0 Å². The van der Waals surface area contributed by atoms with Gasteiger partial charge in [-0.05, 0) is 11.6 Å². The molecule has 0 saturated carbocycles. The summed E-state index contributed by atoms with van der Waals surface area (Å²) in [6, 6.07) is 1.85. The zero-order chi connectivity index (χ0) is 9.68. The molecule has 1 aromatic rings. The van der Waals surface area contributed by atoms with Crippen LogP contribution in [0.2, 0.25) is 0 Å². The van der Waals surface area contributed by atoms with E-state index in [-0.39, 0.29) is 5.91 Å². The van der Waals surface area contributed by atoms with Gasteiger partial charge in [-0.3, -0.25) is 9.78 Å². The maximum atomic E-state index is 10.9. The van der Waals surface area contributed by atoms with Gasteiger partial charge in [0, 0.05) is 18.9 Å². The molecule has 70 valence electrons. The summed E-state index contributed by atoms with van der Waals surface area (Å²) in [4.78, 5) is 14.8. The van der Waals surface area contributed by atoms with Crippen LogP contribution in [-0.4, -0.2) is 10.9 Å². The van der Waals surface area contributed by atoms with Crippen molar-refractivity contribution in [3.63, 3.8) is 0 Å². The van der Waals surface area contributed by atoms with Crippen molar-refractivity contribution in [2.24, 2.45) is 0 Å². The molecule has 2 heterocycles. The highest BCUT2D eigenvalue weighted by molar-refractivity contribution is 5.97. The van der Waals surface area contributed by atoms with Crippen molar-refractivity contribution in [1.82, 2.24) is 10.3 Å². The fourth-order valence-electron chi connectivity index (χ4n) is 1.05. The van der Waals surface area contributed by atoms with Gasteiger partial charge in [-0.15, -0.1) is 0 Å². The number of rotatable bonds is 0. The van der Waals surface area contributed by atoms with E-state index in [1.54, 1.807) is 12.4 Å². The molecule has 13 heavy (non-hydrogen) atoms. The second kappa shape index (κ2) is 4.60. The van der Waals surface area contributed by atoms with Crippen molar-refractivity contribution in [2.75, 3.05) is 0 Å². The topological polar surface area (TPSA) is 42.0 Å². The van der Waals surface area contributed by atoms with Crippen molar-refractivity contribution in [1.29, 1.82) is 0 Å². The first-order valence-electron chi connectivity index (χ1n) is 4.50.